The molecular formula is C12H18BrN3O. The van der Waals surface area contributed by atoms with E-state index in [0.29, 0.717) is 18.2 Å². The molecule has 94 valence electrons. The van der Waals surface area contributed by atoms with Crippen LogP contribution in [0.15, 0.2) is 10.7 Å². The number of aryl methyl sites for hydroxylation is 1. The molecular weight excluding hydrogens is 282 g/mol. The molecule has 0 radical (unpaired) electrons. The van der Waals surface area contributed by atoms with Gasteiger partial charge in [0.05, 0.1) is 10.7 Å². The van der Waals surface area contributed by atoms with Gasteiger partial charge in [-0.25, -0.2) is 0 Å². The number of aromatic nitrogens is 2. The first-order valence-electron chi connectivity index (χ1n) is 6.20. The summed E-state index contributed by atoms with van der Waals surface area (Å²) in [7, 11) is 0. The molecule has 1 aliphatic rings. The molecule has 0 aromatic carbocycles. The summed E-state index contributed by atoms with van der Waals surface area (Å²) >= 11 is 3.40. The van der Waals surface area contributed by atoms with E-state index in [1.807, 2.05) is 0 Å². The van der Waals surface area contributed by atoms with Crippen molar-refractivity contribution in [2.45, 2.75) is 45.2 Å². The Kier molecular flexibility index (Phi) is 4.34. The number of hydrogen-bond acceptors (Lipinski definition) is 3. The Balaban J connectivity index is 1.93. The Morgan fingerprint density at radius 3 is 3.06 bits per heavy atom. The highest BCUT2D eigenvalue weighted by molar-refractivity contribution is 9.10. The topological polar surface area (TPSA) is 46.9 Å². The second-order valence-corrected chi connectivity index (χ2v) is 5.32. The number of nitrogens with one attached hydrogen (secondary N) is 1. The van der Waals surface area contributed by atoms with Crippen molar-refractivity contribution in [1.82, 2.24) is 15.1 Å². The maximum atomic E-state index is 12.1. The van der Waals surface area contributed by atoms with Gasteiger partial charge in [0.2, 0.25) is 0 Å². The normalized spacial score (nSPS) is 15.2. The lowest BCUT2D eigenvalue weighted by Crippen LogP contribution is -2.21. The number of rotatable bonds is 7. The third kappa shape index (κ3) is 3.39. The Morgan fingerprint density at radius 2 is 2.41 bits per heavy atom. The van der Waals surface area contributed by atoms with Crippen LogP contribution >= 0.6 is 15.9 Å². The fourth-order valence-corrected chi connectivity index (χ4v) is 2.33. The highest BCUT2D eigenvalue weighted by atomic mass is 79.9. The van der Waals surface area contributed by atoms with E-state index in [2.05, 4.69) is 33.3 Å². The predicted molar refractivity (Wildman–Crippen MR) is 70.2 cm³/mol. The zero-order chi connectivity index (χ0) is 12.3. The molecule has 1 saturated carbocycles. The number of hydrogen-bond donors (Lipinski definition) is 1. The maximum Gasteiger partial charge on any atom is 0.183 e. The second-order valence-electron chi connectivity index (χ2n) is 4.47. The Hall–Kier alpha value is -0.680. The minimum Gasteiger partial charge on any atom is -0.314 e. The van der Waals surface area contributed by atoms with Crippen molar-refractivity contribution in [2.75, 3.05) is 6.54 Å². The molecule has 0 unspecified atom stereocenters. The van der Waals surface area contributed by atoms with Crippen LogP contribution in [0.5, 0.6) is 0 Å². The zero-order valence-electron chi connectivity index (χ0n) is 10.1. The van der Waals surface area contributed by atoms with E-state index >= 15 is 0 Å². The van der Waals surface area contributed by atoms with Crippen molar-refractivity contribution in [2.24, 2.45) is 0 Å². The van der Waals surface area contributed by atoms with Gasteiger partial charge >= 0.3 is 0 Å². The first-order chi connectivity index (χ1) is 8.22. The highest BCUT2D eigenvalue weighted by Gasteiger charge is 2.21. The molecule has 0 bridgehead atoms. The monoisotopic (exact) mass is 299 g/mol. The van der Waals surface area contributed by atoms with Gasteiger partial charge in [-0.15, -0.1) is 0 Å². The van der Waals surface area contributed by atoms with Gasteiger partial charge in [-0.1, -0.05) is 6.92 Å². The Bertz CT molecular complexity index is 398. The first-order valence-corrected chi connectivity index (χ1v) is 6.99. The van der Waals surface area contributed by atoms with Gasteiger partial charge in [-0.05, 0) is 35.2 Å². The maximum absolute atomic E-state index is 12.1. The SMILES string of the molecule is CCCn1ncc(Br)c1C(=O)CCNC1CC1. The fourth-order valence-electron chi connectivity index (χ4n) is 1.82. The molecule has 5 heteroatoms. The lowest BCUT2D eigenvalue weighted by Gasteiger charge is -2.06. The third-order valence-electron chi connectivity index (χ3n) is 2.86. The molecule has 1 heterocycles. The largest absolute Gasteiger partial charge is 0.314 e. The van der Waals surface area contributed by atoms with Crippen LogP contribution in [0.2, 0.25) is 0 Å². The standard InChI is InChI=1S/C12H18BrN3O/c1-2-7-16-12(10(13)8-15-16)11(17)5-6-14-9-3-4-9/h8-9,14H,2-7H2,1H3. The average Bonchev–Trinajstić information content (AvgIpc) is 3.04. The minimum absolute atomic E-state index is 0.163. The molecule has 1 fully saturated rings. The number of carbonyl (C=O) groups is 1. The van der Waals surface area contributed by atoms with Crippen molar-refractivity contribution in [3.05, 3.63) is 16.4 Å². The van der Waals surface area contributed by atoms with Crippen LogP contribution in [0.4, 0.5) is 0 Å². The van der Waals surface area contributed by atoms with Gasteiger partial charge in [-0.2, -0.15) is 5.10 Å². The minimum atomic E-state index is 0.163. The molecule has 1 aromatic rings. The van der Waals surface area contributed by atoms with E-state index in [9.17, 15) is 4.79 Å². The molecule has 0 atom stereocenters. The van der Waals surface area contributed by atoms with Crippen LogP contribution in [0.3, 0.4) is 0 Å². The number of ketones is 1. The highest BCUT2D eigenvalue weighted by Crippen LogP contribution is 2.20. The van der Waals surface area contributed by atoms with E-state index in [4.69, 9.17) is 0 Å². The second kappa shape index (κ2) is 5.78. The van der Waals surface area contributed by atoms with Gasteiger partial charge in [0.25, 0.3) is 0 Å². The molecule has 2 rings (SSSR count). The third-order valence-corrected chi connectivity index (χ3v) is 3.44. The molecule has 0 aliphatic heterocycles. The van der Waals surface area contributed by atoms with Crippen LogP contribution in [-0.2, 0) is 6.54 Å². The molecule has 4 nitrogen and oxygen atoms in total. The van der Waals surface area contributed by atoms with Gasteiger partial charge in [0.15, 0.2) is 5.78 Å². The number of nitrogens with zero attached hydrogens (tertiary/aromatic N) is 2. The summed E-state index contributed by atoms with van der Waals surface area (Å²) in [5, 5.41) is 7.57. The zero-order valence-corrected chi connectivity index (χ0v) is 11.7. The van der Waals surface area contributed by atoms with E-state index < -0.39 is 0 Å². The van der Waals surface area contributed by atoms with Crippen molar-refractivity contribution < 1.29 is 4.79 Å². The molecule has 1 aliphatic carbocycles. The van der Waals surface area contributed by atoms with Crippen LogP contribution in [0.25, 0.3) is 0 Å². The van der Waals surface area contributed by atoms with Crippen LogP contribution in [0.1, 0.15) is 43.1 Å². The molecule has 0 spiro atoms. The van der Waals surface area contributed by atoms with Gasteiger partial charge in [0, 0.05) is 25.6 Å². The van der Waals surface area contributed by atoms with E-state index in [0.717, 1.165) is 24.0 Å². The summed E-state index contributed by atoms with van der Waals surface area (Å²) in [6, 6.07) is 0.659. The quantitative estimate of drug-likeness (QED) is 0.787. The molecule has 1 N–H and O–H groups in total. The average molecular weight is 300 g/mol. The lowest BCUT2D eigenvalue weighted by molar-refractivity contribution is 0.0971. The first kappa shape index (κ1) is 12.8. The summed E-state index contributed by atoms with van der Waals surface area (Å²) in [6.07, 6.45) is 5.74. The van der Waals surface area contributed by atoms with E-state index in [1.165, 1.54) is 12.8 Å². The number of carbonyl (C=O) groups excluding carboxylic acids is 1. The van der Waals surface area contributed by atoms with E-state index in [-0.39, 0.29) is 5.78 Å². The Morgan fingerprint density at radius 1 is 1.65 bits per heavy atom. The smallest absolute Gasteiger partial charge is 0.183 e. The Labute approximate surface area is 110 Å². The summed E-state index contributed by atoms with van der Waals surface area (Å²) in [5.41, 5.74) is 0.712. The summed E-state index contributed by atoms with van der Waals surface area (Å²) in [6.45, 7) is 3.65. The summed E-state index contributed by atoms with van der Waals surface area (Å²) in [5.74, 6) is 0.163. The number of halogens is 1. The van der Waals surface area contributed by atoms with Crippen LogP contribution in [-0.4, -0.2) is 28.2 Å². The van der Waals surface area contributed by atoms with Crippen LogP contribution in [0, 0.1) is 0 Å². The van der Waals surface area contributed by atoms with Crippen molar-refractivity contribution in [3.63, 3.8) is 0 Å². The molecule has 0 amide bonds. The molecule has 0 saturated heterocycles. The van der Waals surface area contributed by atoms with Crippen molar-refractivity contribution >= 4 is 21.7 Å². The summed E-state index contributed by atoms with van der Waals surface area (Å²) in [4.78, 5) is 12.1. The predicted octanol–water partition coefficient (Wildman–Crippen LogP) is 2.38. The van der Waals surface area contributed by atoms with Crippen molar-refractivity contribution in [3.8, 4) is 0 Å². The van der Waals surface area contributed by atoms with Crippen molar-refractivity contribution in [1.29, 1.82) is 0 Å². The number of Topliss-reactive ketones (excluding diaryl/α,β-unsaturated/α-hetero) is 1. The molecule has 17 heavy (non-hydrogen) atoms. The fraction of sp³-hybridized carbons (Fsp3) is 0.667. The van der Waals surface area contributed by atoms with E-state index in [1.54, 1.807) is 10.9 Å². The van der Waals surface area contributed by atoms with Crippen LogP contribution < -0.4 is 5.32 Å². The lowest BCUT2D eigenvalue weighted by atomic mass is 10.2. The van der Waals surface area contributed by atoms with Gasteiger partial charge < -0.3 is 5.32 Å². The van der Waals surface area contributed by atoms with Gasteiger partial charge in [0.1, 0.15) is 5.69 Å². The van der Waals surface area contributed by atoms with Gasteiger partial charge in [-0.3, -0.25) is 9.48 Å². The summed E-state index contributed by atoms with van der Waals surface area (Å²) < 4.78 is 2.60. The molecule has 1 aromatic heterocycles.